The van der Waals surface area contributed by atoms with Crippen LogP contribution >= 0.6 is 0 Å². The van der Waals surface area contributed by atoms with Crippen LogP contribution in [-0.4, -0.2) is 23.2 Å². The number of allylic oxidation sites excluding steroid dienone is 1. The normalized spacial score (nSPS) is 11.2. The lowest BCUT2D eigenvalue weighted by Crippen LogP contribution is -2.22. The average Bonchev–Trinajstić information content (AvgIpc) is 2.62. The van der Waals surface area contributed by atoms with Gasteiger partial charge in [0.05, 0.1) is 0 Å². The molecule has 3 nitrogen and oxygen atoms in total. The average molecular weight is 346 g/mol. The van der Waals surface area contributed by atoms with Gasteiger partial charge < -0.3 is 0 Å². The third kappa shape index (κ3) is 10.1. The van der Waals surface area contributed by atoms with Gasteiger partial charge in [-0.15, -0.1) is 0 Å². The minimum atomic E-state index is -0.388. The maximum atomic E-state index is 11.6. The summed E-state index contributed by atoms with van der Waals surface area (Å²) in [6.45, 7) is 2.26. The predicted molar refractivity (Wildman–Crippen MR) is 106 cm³/mol. The summed E-state index contributed by atoms with van der Waals surface area (Å²) < 4.78 is 0. The summed E-state index contributed by atoms with van der Waals surface area (Å²) in [4.78, 5) is 11.6. The van der Waals surface area contributed by atoms with E-state index in [-0.39, 0.29) is 5.91 Å². The van der Waals surface area contributed by atoms with Crippen LogP contribution in [0.3, 0.4) is 0 Å². The minimum absolute atomic E-state index is 0.388. The second-order valence-corrected chi connectivity index (χ2v) is 6.82. The van der Waals surface area contributed by atoms with Gasteiger partial charge in [0.15, 0.2) is 0 Å². The Morgan fingerprint density at radius 2 is 1.44 bits per heavy atom. The number of nitrogens with zero attached hydrogens (tertiary/aromatic N) is 1. The standard InChI is InChI=1S/C22H35NO2/c1-3-4-5-6-7-8-9-10-11-12-13-14-15-20-16-18-21(19-17-20)22(24)23(2)25/h14-19,25H,3-13H2,1-2H3. The largest absolute Gasteiger partial charge is 0.286 e. The van der Waals surface area contributed by atoms with Crippen LogP contribution < -0.4 is 0 Å². The summed E-state index contributed by atoms with van der Waals surface area (Å²) in [6.07, 6.45) is 19.1. The first-order valence-electron chi connectivity index (χ1n) is 9.88. The lowest BCUT2D eigenvalue weighted by Gasteiger charge is -2.07. The Kier molecular flexibility index (Phi) is 11.7. The number of carbonyl (C=O) groups is 1. The van der Waals surface area contributed by atoms with Crippen LogP contribution in [0.1, 0.15) is 93.5 Å². The fourth-order valence-electron chi connectivity index (χ4n) is 2.89. The monoisotopic (exact) mass is 345 g/mol. The van der Waals surface area contributed by atoms with Crippen molar-refractivity contribution in [1.82, 2.24) is 5.06 Å². The van der Waals surface area contributed by atoms with Gasteiger partial charge in [-0.2, -0.15) is 0 Å². The number of rotatable bonds is 13. The lowest BCUT2D eigenvalue weighted by atomic mass is 10.1. The third-order valence-electron chi connectivity index (χ3n) is 4.49. The van der Waals surface area contributed by atoms with Crippen LogP contribution in [0.2, 0.25) is 0 Å². The van der Waals surface area contributed by atoms with Crippen LogP contribution in [0, 0.1) is 0 Å². The molecule has 0 bridgehead atoms. The zero-order chi connectivity index (χ0) is 18.3. The number of hydroxylamine groups is 2. The Bertz CT molecular complexity index is 491. The van der Waals surface area contributed by atoms with Crippen LogP contribution in [0.25, 0.3) is 6.08 Å². The molecule has 1 N–H and O–H groups in total. The smallest absolute Gasteiger partial charge is 0.276 e. The van der Waals surface area contributed by atoms with Crippen molar-refractivity contribution in [3.8, 4) is 0 Å². The van der Waals surface area contributed by atoms with Gasteiger partial charge in [-0.1, -0.05) is 89.0 Å². The molecule has 1 rings (SSSR count). The van der Waals surface area contributed by atoms with Crippen LogP contribution in [-0.2, 0) is 0 Å². The summed E-state index contributed by atoms with van der Waals surface area (Å²) in [5.74, 6) is -0.388. The molecule has 0 heterocycles. The molecule has 1 aromatic rings. The third-order valence-corrected chi connectivity index (χ3v) is 4.49. The molecule has 0 unspecified atom stereocenters. The maximum Gasteiger partial charge on any atom is 0.276 e. The van der Waals surface area contributed by atoms with Gasteiger partial charge >= 0.3 is 0 Å². The molecule has 0 saturated heterocycles. The van der Waals surface area contributed by atoms with E-state index < -0.39 is 0 Å². The molecule has 0 aliphatic carbocycles. The van der Waals surface area contributed by atoms with Crippen molar-refractivity contribution in [3.05, 3.63) is 41.5 Å². The number of amides is 1. The van der Waals surface area contributed by atoms with E-state index in [2.05, 4.69) is 19.1 Å². The van der Waals surface area contributed by atoms with Crippen molar-refractivity contribution in [2.75, 3.05) is 7.05 Å². The molecule has 0 aromatic heterocycles. The highest BCUT2D eigenvalue weighted by Crippen LogP contribution is 2.12. The molecule has 0 aliphatic rings. The first-order chi connectivity index (χ1) is 12.1. The molecule has 0 aliphatic heterocycles. The first-order valence-corrected chi connectivity index (χ1v) is 9.88. The van der Waals surface area contributed by atoms with Crippen molar-refractivity contribution in [1.29, 1.82) is 0 Å². The van der Waals surface area contributed by atoms with E-state index in [0.717, 1.165) is 12.0 Å². The van der Waals surface area contributed by atoms with Gasteiger partial charge in [0.2, 0.25) is 0 Å². The second-order valence-electron chi connectivity index (χ2n) is 6.82. The van der Waals surface area contributed by atoms with Crippen molar-refractivity contribution in [3.63, 3.8) is 0 Å². The molecule has 3 heteroatoms. The van der Waals surface area contributed by atoms with Crippen molar-refractivity contribution in [2.45, 2.75) is 77.6 Å². The molecule has 0 saturated carbocycles. The molecule has 1 aromatic carbocycles. The molecular weight excluding hydrogens is 310 g/mol. The molecular formula is C22H35NO2. The Balaban J connectivity index is 2.07. The summed E-state index contributed by atoms with van der Waals surface area (Å²) in [6, 6.07) is 7.31. The molecule has 0 atom stereocenters. The summed E-state index contributed by atoms with van der Waals surface area (Å²) in [5.41, 5.74) is 1.58. The zero-order valence-electron chi connectivity index (χ0n) is 16.0. The molecule has 0 fully saturated rings. The van der Waals surface area contributed by atoms with Crippen LogP contribution in [0.5, 0.6) is 0 Å². The number of carbonyl (C=O) groups excluding carboxylic acids is 1. The van der Waals surface area contributed by atoms with E-state index in [4.69, 9.17) is 5.21 Å². The Morgan fingerprint density at radius 3 is 1.96 bits per heavy atom. The fourth-order valence-corrected chi connectivity index (χ4v) is 2.89. The van der Waals surface area contributed by atoms with Crippen molar-refractivity contribution < 1.29 is 10.0 Å². The SMILES string of the molecule is CCCCCCCCCCCCC=Cc1ccc(C(=O)N(C)O)cc1. The van der Waals surface area contributed by atoms with E-state index >= 15 is 0 Å². The molecule has 0 radical (unpaired) electrons. The van der Waals surface area contributed by atoms with Gasteiger partial charge in [0.25, 0.3) is 5.91 Å². The number of hydrogen-bond donors (Lipinski definition) is 1. The molecule has 25 heavy (non-hydrogen) atoms. The van der Waals surface area contributed by atoms with Gasteiger partial charge in [0, 0.05) is 12.6 Å². The lowest BCUT2D eigenvalue weighted by molar-refractivity contribution is -0.0374. The highest BCUT2D eigenvalue weighted by molar-refractivity contribution is 5.93. The van der Waals surface area contributed by atoms with Crippen LogP contribution in [0.15, 0.2) is 30.3 Å². The zero-order valence-corrected chi connectivity index (χ0v) is 16.0. The van der Waals surface area contributed by atoms with Gasteiger partial charge in [-0.05, 0) is 30.5 Å². The summed E-state index contributed by atoms with van der Waals surface area (Å²) in [7, 11) is 1.34. The van der Waals surface area contributed by atoms with Gasteiger partial charge in [-0.25, -0.2) is 5.06 Å². The topological polar surface area (TPSA) is 40.5 Å². The maximum absolute atomic E-state index is 11.6. The van der Waals surface area contributed by atoms with E-state index in [1.165, 1.54) is 71.3 Å². The quantitative estimate of drug-likeness (QED) is 0.253. The number of benzene rings is 1. The first kappa shape index (κ1) is 21.4. The van der Waals surface area contributed by atoms with Gasteiger partial charge in [-0.3, -0.25) is 10.0 Å². The molecule has 140 valence electrons. The van der Waals surface area contributed by atoms with Crippen molar-refractivity contribution in [2.24, 2.45) is 0 Å². The van der Waals surface area contributed by atoms with E-state index in [0.29, 0.717) is 10.6 Å². The Labute approximate surface area is 153 Å². The number of hydrogen-bond acceptors (Lipinski definition) is 2. The Morgan fingerprint density at radius 1 is 0.920 bits per heavy atom. The van der Waals surface area contributed by atoms with E-state index in [9.17, 15) is 4.79 Å². The summed E-state index contributed by atoms with van der Waals surface area (Å²) >= 11 is 0. The minimum Gasteiger partial charge on any atom is -0.286 e. The molecule has 1 amide bonds. The highest BCUT2D eigenvalue weighted by atomic mass is 16.5. The number of unbranched alkanes of at least 4 members (excludes halogenated alkanes) is 10. The van der Waals surface area contributed by atoms with Crippen LogP contribution in [0.4, 0.5) is 0 Å². The van der Waals surface area contributed by atoms with E-state index in [1.807, 2.05) is 12.1 Å². The highest BCUT2D eigenvalue weighted by Gasteiger charge is 2.07. The van der Waals surface area contributed by atoms with Gasteiger partial charge in [0.1, 0.15) is 0 Å². The predicted octanol–water partition coefficient (Wildman–Crippen LogP) is 6.47. The molecule has 0 spiro atoms. The summed E-state index contributed by atoms with van der Waals surface area (Å²) in [5, 5.41) is 9.75. The van der Waals surface area contributed by atoms with Crippen molar-refractivity contribution >= 4 is 12.0 Å². The Hall–Kier alpha value is -1.61. The fraction of sp³-hybridized carbons (Fsp3) is 0.591. The second kappa shape index (κ2) is 13.7. The van der Waals surface area contributed by atoms with E-state index in [1.54, 1.807) is 12.1 Å².